The molecule has 0 heterocycles. The SMILES string of the molecule is C1CCC1.CC(=O)O.CC(=O)O.P. The van der Waals surface area contributed by atoms with E-state index < -0.39 is 11.9 Å². The quantitative estimate of drug-likeness (QED) is 0.598. The van der Waals surface area contributed by atoms with Gasteiger partial charge >= 0.3 is 0 Å². The van der Waals surface area contributed by atoms with Crippen LogP contribution in [0.1, 0.15) is 39.5 Å². The van der Waals surface area contributed by atoms with Crippen molar-refractivity contribution >= 4 is 21.8 Å². The number of aliphatic carboxylic acids is 2. The second-order valence-corrected chi connectivity index (χ2v) is 2.45. The fraction of sp³-hybridized carbons (Fsp3) is 0.750. The summed E-state index contributed by atoms with van der Waals surface area (Å²) in [6.07, 6.45) is 6.00. The third-order valence-corrected chi connectivity index (χ3v) is 1.000. The molecule has 0 amide bonds. The minimum atomic E-state index is -0.833. The average molecular weight is 210 g/mol. The number of hydrogen-bond acceptors (Lipinski definition) is 2. The first kappa shape index (κ1) is 18.2. The van der Waals surface area contributed by atoms with Crippen molar-refractivity contribution in [1.82, 2.24) is 0 Å². The van der Waals surface area contributed by atoms with Crippen LogP contribution in [0.15, 0.2) is 0 Å². The summed E-state index contributed by atoms with van der Waals surface area (Å²) >= 11 is 0. The third kappa shape index (κ3) is 87.9. The highest BCUT2D eigenvalue weighted by atomic mass is 31.0. The number of carboxylic acids is 2. The smallest absolute Gasteiger partial charge is 0.300 e. The molecule has 0 aromatic carbocycles. The Balaban J connectivity index is -0.000000111. The molecule has 0 aliphatic heterocycles. The van der Waals surface area contributed by atoms with Crippen LogP contribution in [-0.4, -0.2) is 22.2 Å². The molecule has 1 rings (SSSR count). The lowest BCUT2D eigenvalue weighted by atomic mass is 10.0. The normalized spacial score (nSPS) is 11.2. The fourth-order valence-electron chi connectivity index (χ4n) is 0.250. The summed E-state index contributed by atoms with van der Waals surface area (Å²) in [6, 6.07) is 0. The molecular weight excluding hydrogens is 191 g/mol. The van der Waals surface area contributed by atoms with Crippen LogP contribution in [0, 0.1) is 0 Å². The molecule has 4 nitrogen and oxygen atoms in total. The highest BCUT2D eigenvalue weighted by molar-refractivity contribution is 6.92. The van der Waals surface area contributed by atoms with Crippen LogP contribution in [0.4, 0.5) is 0 Å². The Morgan fingerprint density at radius 1 is 0.846 bits per heavy atom. The molecule has 1 unspecified atom stereocenters. The first-order valence-corrected chi connectivity index (χ1v) is 3.86. The van der Waals surface area contributed by atoms with Gasteiger partial charge in [-0.05, 0) is 0 Å². The standard InChI is InChI=1S/C4H8.2C2H4O2.H3P/c1-2-4-3-1;2*1-2(3)4;/h1-4H2;2*1H3,(H,3,4);1H3. The number of hydrogen-bond donors (Lipinski definition) is 2. The van der Waals surface area contributed by atoms with Gasteiger partial charge in [-0.25, -0.2) is 0 Å². The monoisotopic (exact) mass is 210 g/mol. The first-order valence-electron chi connectivity index (χ1n) is 3.86. The van der Waals surface area contributed by atoms with Crippen molar-refractivity contribution in [2.45, 2.75) is 39.5 Å². The summed E-state index contributed by atoms with van der Waals surface area (Å²) in [5.41, 5.74) is 0. The van der Waals surface area contributed by atoms with E-state index in [1.165, 1.54) is 25.7 Å². The highest BCUT2D eigenvalue weighted by Crippen LogP contribution is 2.15. The number of rotatable bonds is 0. The lowest BCUT2D eigenvalue weighted by Gasteiger charge is -2.05. The molecule has 1 aliphatic carbocycles. The van der Waals surface area contributed by atoms with Crippen LogP contribution in [0.25, 0.3) is 0 Å². The molecule has 1 saturated carbocycles. The molecule has 0 aromatic rings. The fourth-order valence-corrected chi connectivity index (χ4v) is 0.250. The highest BCUT2D eigenvalue weighted by Gasteiger charge is 1.95. The minimum absolute atomic E-state index is 0. The molecule has 1 atom stereocenters. The van der Waals surface area contributed by atoms with Crippen LogP contribution in [-0.2, 0) is 9.59 Å². The third-order valence-electron chi connectivity index (χ3n) is 1.000. The van der Waals surface area contributed by atoms with E-state index in [-0.39, 0.29) is 9.90 Å². The van der Waals surface area contributed by atoms with Crippen molar-refractivity contribution in [1.29, 1.82) is 0 Å². The molecule has 2 N–H and O–H groups in total. The van der Waals surface area contributed by atoms with E-state index in [9.17, 15) is 0 Å². The summed E-state index contributed by atoms with van der Waals surface area (Å²) < 4.78 is 0. The number of carboxylic acid groups (broad SMARTS) is 2. The van der Waals surface area contributed by atoms with Gasteiger partial charge in [-0.2, -0.15) is 9.90 Å². The van der Waals surface area contributed by atoms with E-state index in [1.54, 1.807) is 0 Å². The van der Waals surface area contributed by atoms with Crippen molar-refractivity contribution < 1.29 is 19.8 Å². The summed E-state index contributed by atoms with van der Waals surface area (Å²) in [6.45, 7) is 2.17. The van der Waals surface area contributed by atoms with E-state index in [0.717, 1.165) is 13.8 Å². The summed E-state index contributed by atoms with van der Waals surface area (Å²) in [5, 5.41) is 14.8. The number of carbonyl (C=O) groups is 2. The zero-order chi connectivity index (χ0) is 9.98. The van der Waals surface area contributed by atoms with Crippen LogP contribution < -0.4 is 0 Å². The Bertz CT molecular complexity index is 108. The van der Waals surface area contributed by atoms with Crippen LogP contribution in [0.2, 0.25) is 0 Å². The second kappa shape index (κ2) is 13.9. The van der Waals surface area contributed by atoms with Gasteiger partial charge in [-0.1, -0.05) is 25.7 Å². The molecule has 0 aromatic heterocycles. The Labute approximate surface area is 82.0 Å². The largest absolute Gasteiger partial charge is 0.481 e. The van der Waals surface area contributed by atoms with Gasteiger partial charge in [-0.15, -0.1) is 0 Å². The van der Waals surface area contributed by atoms with Crippen molar-refractivity contribution in [3.05, 3.63) is 0 Å². The zero-order valence-corrected chi connectivity index (χ0v) is 9.66. The van der Waals surface area contributed by atoms with Gasteiger partial charge < -0.3 is 10.2 Å². The topological polar surface area (TPSA) is 74.6 Å². The average Bonchev–Trinajstić information content (AvgIpc) is 1.50. The maximum Gasteiger partial charge on any atom is 0.300 e. The Hall–Kier alpha value is -0.630. The second-order valence-electron chi connectivity index (χ2n) is 2.45. The maximum absolute atomic E-state index is 9.00. The van der Waals surface area contributed by atoms with Gasteiger partial charge in [-0.3, -0.25) is 9.59 Å². The summed E-state index contributed by atoms with van der Waals surface area (Å²) in [7, 11) is 0. The van der Waals surface area contributed by atoms with Crippen molar-refractivity contribution in [2.75, 3.05) is 0 Å². The zero-order valence-electron chi connectivity index (χ0n) is 8.25. The summed E-state index contributed by atoms with van der Waals surface area (Å²) in [5.74, 6) is -1.67. The minimum Gasteiger partial charge on any atom is -0.481 e. The molecule has 13 heavy (non-hydrogen) atoms. The van der Waals surface area contributed by atoms with Gasteiger partial charge in [0.1, 0.15) is 0 Å². The molecule has 1 aliphatic rings. The van der Waals surface area contributed by atoms with E-state index in [2.05, 4.69) is 0 Å². The maximum atomic E-state index is 9.00. The molecule has 5 heteroatoms. The van der Waals surface area contributed by atoms with Gasteiger partial charge in [0.2, 0.25) is 0 Å². The van der Waals surface area contributed by atoms with Crippen molar-refractivity contribution in [3.8, 4) is 0 Å². The lowest BCUT2D eigenvalue weighted by molar-refractivity contribution is -0.135. The molecule has 80 valence electrons. The summed E-state index contributed by atoms with van der Waals surface area (Å²) in [4.78, 5) is 18.0. The lowest BCUT2D eigenvalue weighted by Crippen LogP contribution is -1.85. The van der Waals surface area contributed by atoms with Gasteiger partial charge in [0.15, 0.2) is 0 Å². The van der Waals surface area contributed by atoms with Crippen molar-refractivity contribution in [2.24, 2.45) is 0 Å². The van der Waals surface area contributed by atoms with Crippen molar-refractivity contribution in [3.63, 3.8) is 0 Å². The van der Waals surface area contributed by atoms with E-state index in [0.29, 0.717) is 0 Å². The molecule has 0 saturated heterocycles. The first-order chi connectivity index (χ1) is 5.46. The van der Waals surface area contributed by atoms with Gasteiger partial charge in [0.05, 0.1) is 0 Å². The van der Waals surface area contributed by atoms with E-state index in [1.807, 2.05) is 0 Å². The van der Waals surface area contributed by atoms with Gasteiger partial charge in [0.25, 0.3) is 11.9 Å². The van der Waals surface area contributed by atoms with Crippen LogP contribution in [0.3, 0.4) is 0 Å². The molecule has 1 fully saturated rings. The molecule has 0 bridgehead atoms. The Kier molecular flexibility index (Phi) is 19.5. The Morgan fingerprint density at radius 2 is 0.923 bits per heavy atom. The Morgan fingerprint density at radius 3 is 0.923 bits per heavy atom. The van der Waals surface area contributed by atoms with Crippen LogP contribution in [0.5, 0.6) is 0 Å². The van der Waals surface area contributed by atoms with E-state index >= 15 is 0 Å². The molecular formula is C8H19O4P. The molecule has 0 spiro atoms. The molecule has 0 radical (unpaired) electrons. The van der Waals surface area contributed by atoms with E-state index in [4.69, 9.17) is 19.8 Å². The van der Waals surface area contributed by atoms with Gasteiger partial charge in [0, 0.05) is 13.8 Å². The van der Waals surface area contributed by atoms with Crippen LogP contribution >= 0.6 is 9.90 Å². The predicted octanol–water partition coefficient (Wildman–Crippen LogP) is 1.80. The predicted molar refractivity (Wildman–Crippen MR) is 56.2 cm³/mol.